The van der Waals surface area contributed by atoms with Crippen molar-refractivity contribution >= 4 is 31.5 Å². The van der Waals surface area contributed by atoms with Crippen molar-refractivity contribution in [3.05, 3.63) is 181 Å². The summed E-state index contributed by atoms with van der Waals surface area (Å²) in [5, 5.41) is 2.59. The van der Waals surface area contributed by atoms with Gasteiger partial charge in [0.25, 0.3) is 0 Å². The van der Waals surface area contributed by atoms with Crippen LogP contribution in [0.15, 0.2) is 152 Å². The summed E-state index contributed by atoms with van der Waals surface area (Å²) in [4.78, 5) is 9.15. The third-order valence-corrected chi connectivity index (χ3v) is 9.75. The van der Waals surface area contributed by atoms with Crippen molar-refractivity contribution in [1.82, 2.24) is 9.97 Å². The molecule has 5 aromatic carbocycles. The van der Waals surface area contributed by atoms with E-state index in [1.165, 1.54) is 37.5 Å². The van der Waals surface area contributed by atoms with Crippen LogP contribution in [0.1, 0.15) is 34.7 Å². The number of thiophene rings is 1. The van der Waals surface area contributed by atoms with Gasteiger partial charge in [0.1, 0.15) is 0 Å². The summed E-state index contributed by atoms with van der Waals surface area (Å²) < 4.78 is 25.7. The number of aryl methyl sites for hydroxylation is 1. The SMILES string of the molecule is CC(C)(c1ccccc1)c1ccc(-c2[c-]ccc3c2sc2ccccc23)nc1.[2H]C([2H])([2H])c1cnc(-c2[c-]cccc2)cc1-c1ccccc1.[Ir]. The minimum atomic E-state index is -2.20. The maximum absolute atomic E-state index is 7.72. The summed E-state index contributed by atoms with van der Waals surface area (Å²) in [7, 11) is 0. The first kappa shape index (κ1) is 29.4. The van der Waals surface area contributed by atoms with Gasteiger partial charge in [-0.25, -0.2) is 0 Å². The van der Waals surface area contributed by atoms with Crippen molar-refractivity contribution in [1.29, 1.82) is 0 Å². The number of rotatable bonds is 5. The van der Waals surface area contributed by atoms with Gasteiger partial charge in [0.15, 0.2) is 0 Å². The summed E-state index contributed by atoms with van der Waals surface area (Å²) >= 11 is 1.82. The summed E-state index contributed by atoms with van der Waals surface area (Å²) in [5.74, 6) is 0. The van der Waals surface area contributed by atoms with Gasteiger partial charge >= 0.3 is 0 Å². The van der Waals surface area contributed by atoms with Gasteiger partial charge in [0.2, 0.25) is 0 Å². The van der Waals surface area contributed by atoms with Crippen LogP contribution in [0.5, 0.6) is 0 Å². The Morgan fingerprint density at radius 2 is 1.38 bits per heavy atom. The van der Waals surface area contributed by atoms with E-state index in [1.807, 2.05) is 84.3 Å². The van der Waals surface area contributed by atoms with Gasteiger partial charge in [-0.1, -0.05) is 116 Å². The van der Waals surface area contributed by atoms with E-state index >= 15 is 0 Å². The summed E-state index contributed by atoms with van der Waals surface area (Å²) in [6.07, 6.45) is 3.47. The molecule has 4 heteroatoms. The van der Waals surface area contributed by atoms with Crippen molar-refractivity contribution in [2.45, 2.75) is 26.1 Å². The molecule has 1 radical (unpaired) electrons. The zero-order valence-corrected chi connectivity index (χ0v) is 29.8. The van der Waals surface area contributed by atoms with Crippen molar-refractivity contribution in [2.75, 3.05) is 0 Å². The molecule has 0 bridgehead atoms. The molecule has 0 amide bonds. The second kappa shape index (κ2) is 14.6. The molecule has 237 valence electrons. The average Bonchev–Trinajstić information content (AvgIpc) is 3.55. The molecule has 0 aliphatic heterocycles. The predicted molar refractivity (Wildman–Crippen MR) is 199 cm³/mol. The standard InChI is InChI=1S/C26H20NS.C18H14N.Ir/c1-26(2,18-9-4-3-5-10-18)19-15-16-23(27-17-19)22-13-8-12-21-20-11-6-7-14-24(20)28-25(21)22;1-14-13-19-18(16-10-6-3-7-11-16)12-17(14)15-8-4-2-5-9-15;/h3-12,14-17H,1-2H3;2-10,12-13H,1H3;/q2*-1;/i;1D3;. The molecular formula is C44H34IrN2S-2. The molecule has 2 nitrogen and oxygen atoms in total. The van der Waals surface area contributed by atoms with Crippen molar-refractivity contribution < 1.29 is 24.2 Å². The van der Waals surface area contributed by atoms with Gasteiger partial charge in [-0.2, -0.15) is 11.3 Å². The van der Waals surface area contributed by atoms with E-state index in [9.17, 15) is 0 Å². The van der Waals surface area contributed by atoms with Crippen LogP contribution in [0.4, 0.5) is 0 Å². The predicted octanol–water partition coefficient (Wildman–Crippen LogP) is 11.8. The second-order valence-electron chi connectivity index (χ2n) is 11.9. The fourth-order valence-electron chi connectivity index (χ4n) is 5.83. The third-order valence-electron chi connectivity index (χ3n) is 8.55. The number of pyridine rings is 2. The second-order valence-corrected chi connectivity index (χ2v) is 12.9. The number of hydrogen-bond acceptors (Lipinski definition) is 3. The molecule has 0 saturated heterocycles. The van der Waals surface area contributed by atoms with E-state index in [0.717, 1.165) is 22.4 Å². The Kier molecular flexibility index (Phi) is 8.93. The van der Waals surface area contributed by atoms with Crippen molar-refractivity contribution in [3.8, 4) is 33.6 Å². The first-order valence-electron chi connectivity index (χ1n) is 17.1. The zero-order chi connectivity index (χ0) is 34.7. The smallest absolute Gasteiger partial charge is 0.0280 e. The van der Waals surface area contributed by atoms with E-state index in [0.29, 0.717) is 11.3 Å². The Bertz CT molecular complexity index is 2370. The quantitative estimate of drug-likeness (QED) is 0.162. The fraction of sp³-hybridized carbons (Fsp3) is 0.0909. The van der Waals surface area contributed by atoms with Crippen LogP contribution in [-0.2, 0) is 25.5 Å². The van der Waals surface area contributed by atoms with Gasteiger partial charge in [-0.15, -0.1) is 59.7 Å². The molecule has 0 atom stereocenters. The van der Waals surface area contributed by atoms with E-state index in [4.69, 9.17) is 9.10 Å². The monoisotopic (exact) mass is 818 g/mol. The van der Waals surface area contributed by atoms with Crippen LogP contribution < -0.4 is 0 Å². The van der Waals surface area contributed by atoms with Crippen LogP contribution in [0.3, 0.4) is 0 Å². The summed E-state index contributed by atoms with van der Waals surface area (Å²) in [6, 6.07) is 53.1. The molecule has 48 heavy (non-hydrogen) atoms. The molecule has 0 aliphatic rings. The zero-order valence-electron chi connectivity index (χ0n) is 29.6. The summed E-state index contributed by atoms with van der Waals surface area (Å²) in [5.41, 5.74) is 7.86. The Hall–Kier alpha value is -4.73. The van der Waals surface area contributed by atoms with Crippen LogP contribution >= 0.6 is 11.3 Å². The first-order chi connectivity index (χ1) is 24.2. The van der Waals surface area contributed by atoms with E-state index < -0.39 is 6.85 Å². The van der Waals surface area contributed by atoms with Gasteiger partial charge in [-0.3, -0.25) is 0 Å². The molecule has 8 rings (SSSR count). The van der Waals surface area contributed by atoms with Gasteiger partial charge < -0.3 is 9.97 Å². The number of aromatic nitrogens is 2. The minimum Gasteiger partial charge on any atom is -0.304 e. The van der Waals surface area contributed by atoms with Crippen LogP contribution in [0.2, 0.25) is 0 Å². The molecule has 0 fully saturated rings. The minimum absolute atomic E-state index is 0. The molecule has 0 saturated carbocycles. The van der Waals surface area contributed by atoms with Crippen molar-refractivity contribution in [2.24, 2.45) is 0 Å². The third kappa shape index (κ3) is 6.79. The normalized spacial score (nSPS) is 12.2. The Balaban J connectivity index is 0.000000178. The topological polar surface area (TPSA) is 25.8 Å². The maximum atomic E-state index is 7.72. The van der Waals surface area contributed by atoms with E-state index in [-0.39, 0.29) is 31.1 Å². The number of nitrogens with zero attached hydrogens (tertiary/aromatic N) is 2. The number of benzene rings is 5. The molecule has 3 aromatic heterocycles. The van der Waals surface area contributed by atoms with Gasteiger partial charge in [-0.05, 0) is 62.2 Å². The van der Waals surface area contributed by atoms with Crippen LogP contribution in [0.25, 0.3) is 53.8 Å². The first-order valence-corrected chi connectivity index (χ1v) is 16.4. The number of hydrogen-bond donors (Lipinski definition) is 0. The summed E-state index contributed by atoms with van der Waals surface area (Å²) in [6.45, 7) is 2.30. The molecule has 0 aliphatic carbocycles. The Morgan fingerprint density at radius 3 is 2.10 bits per heavy atom. The van der Waals surface area contributed by atoms with Gasteiger partial charge in [0.05, 0.1) is 0 Å². The maximum Gasteiger partial charge on any atom is 0.0280 e. The van der Waals surface area contributed by atoms with Gasteiger partial charge in [0, 0.05) is 46.7 Å². The average molecular weight is 818 g/mol. The molecule has 0 spiro atoms. The molecule has 0 N–H and O–H groups in total. The Labute approximate surface area is 304 Å². The molecule has 0 unspecified atom stereocenters. The largest absolute Gasteiger partial charge is 0.304 e. The van der Waals surface area contributed by atoms with E-state index in [1.54, 1.807) is 0 Å². The number of fused-ring (bicyclic) bond motifs is 3. The molecular weight excluding hydrogens is 781 g/mol. The fourth-order valence-corrected chi connectivity index (χ4v) is 7.03. The Morgan fingerprint density at radius 1 is 0.646 bits per heavy atom. The van der Waals surface area contributed by atoms with Crippen molar-refractivity contribution in [3.63, 3.8) is 0 Å². The van der Waals surface area contributed by atoms with E-state index in [2.05, 4.69) is 104 Å². The van der Waals surface area contributed by atoms with Crippen LogP contribution in [0, 0.1) is 19.0 Å². The molecule has 3 heterocycles. The van der Waals surface area contributed by atoms with Crippen LogP contribution in [-0.4, -0.2) is 9.97 Å². The molecule has 8 aromatic rings.